The minimum atomic E-state index is -3.25. The maximum absolute atomic E-state index is 12.6. The molecule has 0 N–H and O–H groups in total. The fraction of sp³-hybridized carbons (Fsp3) is 0.250. The Bertz CT molecular complexity index is 604. The second-order valence-corrected chi connectivity index (χ2v) is 6.81. The smallest absolute Gasteiger partial charge is 0.181 e. The molecule has 2 aromatic rings. The Kier molecular flexibility index (Phi) is 4.38. The number of rotatable bonds is 5. The molecule has 0 aromatic heterocycles. The quantitative estimate of drug-likeness (QED) is 0.836. The van der Waals surface area contributed by atoms with Crippen molar-refractivity contribution >= 4 is 9.84 Å². The van der Waals surface area contributed by atoms with Crippen molar-refractivity contribution in [2.45, 2.75) is 29.9 Å². The van der Waals surface area contributed by atoms with Crippen molar-refractivity contribution in [1.82, 2.24) is 0 Å². The molecule has 2 rings (SSSR count). The predicted octanol–water partition coefficient (Wildman–Crippen LogP) is 3.48. The Morgan fingerprint density at radius 2 is 1.42 bits per heavy atom. The molecule has 19 heavy (non-hydrogen) atoms. The molecule has 0 aliphatic rings. The van der Waals surface area contributed by atoms with Crippen LogP contribution >= 0.6 is 0 Å². The lowest BCUT2D eigenvalue weighted by Crippen LogP contribution is -2.23. The molecule has 0 fully saturated rings. The van der Waals surface area contributed by atoms with E-state index < -0.39 is 9.84 Å². The molecule has 0 amide bonds. The highest BCUT2D eigenvalue weighted by atomic mass is 32.2. The molecular formula is C16H18O2S. The van der Waals surface area contributed by atoms with E-state index in [1.807, 2.05) is 43.3 Å². The monoisotopic (exact) mass is 274 g/mol. The van der Waals surface area contributed by atoms with Crippen LogP contribution in [0.3, 0.4) is 0 Å². The van der Waals surface area contributed by atoms with Crippen LogP contribution in [0.25, 0.3) is 0 Å². The first-order valence-corrected chi connectivity index (χ1v) is 8.02. The second-order valence-electron chi connectivity index (χ2n) is 4.58. The number of benzene rings is 2. The van der Waals surface area contributed by atoms with E-state index in [-0.39, 0.29) is 5.25 Å². The maximum atomic E-state index is 12.6. The average Bonchev–Trinajstić information content (AvgIpc) is 2.46. The summed E-state index contributed by atoms with van der Waals surface area (Å²) in [4.78, 5) is 0.415. The SMILES string of the molecule is CCC(Cc1ccccc1)S(=O)(=O)c1ccccc1. The largest absolute Gasteiger partial charge is 0.223 e. The number of hydrogen-bond donors (Lipinski definition) is 0. The summed E-state index contributed by atoms with van der Waals surface area (Å²) < 4.78 is 25.1. The van der Waals surface area contributed by atoms with Crippen molar-refractivity contribution in [2.24, 2.45) is 0 Å². The maximum Gasteiger partial charge on any atom is 0.181 e. The van der Waals surface area contributed by atoms with Crippen LogP contribution in [0.5, 0.6) is 0 Å². The van der Waals surface area contributed by atoms with Crippen LogP contribution in [-0.2, 0) is 16.3 Å². The van der Waals surface area contributed by atoms with Gasteiger partial charge in [0.25, 0.3) is 0 Å². The summed E-state index contributed by atoms with van der Waals surface area (Å²) in [7, 11) is -3.25. The molecule has 2 nitrogen and oxygen atoms in total. The lowest BCUT2D eigenvalue weighted by atomic mass is 10.1. The van der Waals surface area contributed by atoms with Crippen LogP contribution in [-0.4, -0.2) is 13.7 Å². The lowest BCUT2D eigenvalue weighted by Gasteiger charge is -2.16. The molecule has 0 aliphatic heterocycles. The van der Waals surface area contributed by atoms with Gasteiger partial charge in [-0.1, -0.05) is 55.5 Å². The summed E-state index contributed by atoms with van der Waals surface area (Å²) in [6.07, 6.45) is 1.18. The van der Waals surface area contributed by atoms with Crippen LogP contribution in [0.2, 0.25) is 0 Å². The summed E-state index contributed by atoms with van der Waals surface area (Å²) in [5, 5.41) is -0.364. The first-order chi connectivity index (χ1) is 9.14. The van der Waals surface area contributed by atoms with Crippen molar-refractivity contribution in [3.05, 3.63) is 66.2 Å². The first kappa shape index (κ1) is 13.8. The van der Waals surface area contributed by atoms with Gasteiger partial charge >= 0.3 is 0 Å². The molecule has 100 valence electrons. The summed E-state index contributed by atoms with van der Waals surface area (Å²) in [5.74, 6) is 0. The van der Waals surface area contributed by atoms with Gasteiger partial charge in [0, 0.05) is 0 Å². The molecule has 2 aromatic carbocycles. The lowest BCUT2D eigenvalue weighted by molar-refractivity contribution is 0.574. The zero-order valence-electron chi connectivity index (χ0n) is 11.0. The summed E-state index contributed by atoms with van der Waals surface area (Å²) in [5.41, 5.74) is 1.06. The van der Waals surface area contributed by atoms with Crippen molar-refractivity contribution in [2.75, 3.05) is 0 Å². The van der Waals surface area contributed by atoms with Crippen LogP contribution in [0.15, 0.2) is 65.6 Å². The van der Waals surface area contributed by atoms with E-state index in [1.54, 1.807) is 24.3 Å². The van der Waals surface area contributed by atoms with E-state index in [0.717, 1.165) is 5.56 Å². The molecule has 0 saturated heterocycles. The molecule has 0 radical (unpaired) electrons. The fourth-order valence-electron chi connectivity index (χ4n) is 2.15. The Morgan fingerprint density at radius 1 is 0.895 bits per heavy atom. The van der Waals surface area contributed by atoms with Crippen LogP contribution in [0, 0.1) is 0 Å². The van der Waals surface area contributed by atoms with Gasteiger partial charge in [0.15, 0.2) is 9.84 Å². The van der Waals surface area contributed by atoms with Crippen molar-refractivity contribution in [3.8, 4) is 0 Å². The normalized spacial score (nSPS) is 13.1. The van der Waals surface area contributed by atoms with E-state index in [1.165, 1.54) is 0 Å². The van der Waals surface area contributed by atoms with Crippen molar-refractivity contribution in [3.63, 3.8) is 0 Å². The van der Waals surface area contributed by atoms with Gasteiger partial charge in [0.05, 0.1) is 10.1 Å². The molecular weight excluding hydrogens is 256 g/mol. The van der Waals surface area contributed by atoms with Gasteiger partial charge in [-0.3, -0.25) is 0 Å². The molecule has 0 aliphatic carbocycles. The van der Waals surface area contributed by atoms with Gasteiger partial charge in [0.1, 0.15) is 0 Å². The Labute approximate surface area is 115 Å². The van der Waals surface area contributed by atoms with E-state index in [0.29, 0.717) is 17.7 Å². The predicted molar refractivity (Wildman–Crippen MR) is 77.9 cm³/mol. The van der Waals surface area contributed by atoms with Gasteiger partial charge in [0.2, 0.25) is 0 Å². The van der Waals surface area contributed by atoms with Gasteiger partial charge in [-0.05, 0) is 30.5 Å². The minimum Gasteiger partial charge on any atom is -0.223 e. The third-order valence-electron chi connectivity index (χ3n) is 3.27. The standard InChI is InChI=1S/C16H18O2S/c1-2-15(13-14-9-5-3-6-10-14)19(17,18)16-11-7-4-8-12-16/h3-12,15H,2,13H2,1H3. The van der Waals surface area contributed by atoms with E-state index in [4.69, 9.17) is 0 Å². The third-order valence-corrected chi connectivity index (χ3v) is 5.58. The fourth-order valence-corrected chi connectivity index (χ4v) is 3.93. The molecule has 0 heterocycles. The molecule has 3 heteroatoms. The first-order valence-electron chi connectivity index (χ1n) is 6.47. The molecule has 0 bridgehead atoms. The van der Waals surface area contributed by atoms with Crippen LogP contribution < -0.4 is 0 Å². The Morgan fingerprint density at radius 3 is 1.95 bits per heavy atom. The van der Waals surface area contributed by atoms with E-state index >= 15 is 0 Å². The minimum absolute atomic E-state index is 0.364. The molecule has 1 unspecified atom stereocenters. The zero-order valence-corrected chi connectivity index (χ0v) is 11.8. The highest BCUT2D eigenvalue weighted by Gasteiger charge is 2.25. The average molecular weight is 274 g/mol. The van der Waals surface area contributed by atoms with Crippen molar-refractivity contribution in [1.29, 1.82) is 0 Å². The highest BCUT2D eigenvalue weighted by molar-refractivity contribution is 7.92. The number of sulfone groups is 1. The molecule has 0 spiro atoms. The Balaban J connectivity index is 2.27. The Hall–Kier alpha value is -1.61. The third kappa shape index (κ3) is 3.24. The van der Waals surface area contributed by atoms with Crippen LogP contribution in [0.1, 0.15) is 18.9 Å². The summed E-state index contributed by atoms with van der Waals surface area (Å²) >= 11 is 0. The van der Waals surface area contributed by atoms with Crippen LogP contribution in [0.4, 0.5) is 0 Å². The van der Waals surface area contributed by atoms with Gasteiger partial charge in [-0.25, -0.2) is 8.42 Å². The van der Waals surface area contributed by atoms with Gasteiger partial charge in [-0.2, -0.15) is 0 Å². The van der Waals surface area contributed by atoms with Gasteiger partial charge < -0.3 is 0 Å². The summed E-state index contributed by atoms with van der Waals surface area (Å²) in [6, 6.07) is 18.5. The van der Waals surface area contributed by atoms with E-state index in [9.17, 15) is 8.42 Å². The topological polar surface area (TPSA) is 34.1 Å². The van der Waals surface area contributed by atoms with E-state index in [2.05, 4.69) is 0 Å². The summed E-state index contributed by atoms with van der Waals surface area (Å²) in [6.45, 7) is 1.92. The number of hydrogen-bond acceptors (Lipinski definition) is 2. The second kappa shape index (κ2) is 6.02. The molecule has 0 saturated carbocycles. The highest BCUT2D eigenvalue weighted by Crippen LogP contribution is 2.21. The van der Waals surface area contributed by atoms with Gasteiger partial charge in [-0.15, -0.1) is 0 Å². The van der Waals surface area contributed by atoms with Crippen molar-refractivity contribution < 1.29 is 8.42 Å². The molecule has 1 atom stereocenters. The zero-order chi connectivity index (χ0) is 13.7.